The molecule has 0 aromatic heterocycles. The summed E-state index contributed by atoms with van der Waals surface area (Å²) in [5.74, 6) is -0.585. The molecule has 2 aromatic carbocycles. The van der Waals surface area contributed by atoms with E-state index < -0.39 is 11.6 Å². The third-order valence-corrected chi connectivity index (χ3v) is 5.16. The minimum Gasteiger partial charge on any atom is -0.313 e. The van der Waals surface area contributed by atoms with Gasteiger partial charge < -0.3 is 4.90 Å². The van der Waals surface area contributed by atoms with E-state index in [1.807, 2.05) is 37.3 Å². The summed E-state index contributed by atoms with van der Waals surface area (Å²) in [6.45, 7) is 3.50. The van der Waals surface area contributed by atoms with Crippen molar-refractivity contribution in [2.75, 3.05) is 13.6 Å². The highest BCUT2D eigenvalue weighted by Gasteiger charge is 2.52. The Balaban J connectivity index is 1.84. The molecule has 1 fully saturated rings. The second kappa shape index (κ2) is 6.75. The first kappa shape index (κ1) is 17.9. The number of amides is 3. The average molecular weight is 350 g/mol. The molecule has 3 amide bonds. The molecule has 26 heavy (non-hydrogen) atoms. The van der Waals surface area contributed by atoms with E-state index in [2.05, 4.69) is 0 Å². The normalized spacial score (nSPS) is 20.0. The van der Waals surface area contributed by atoms with Gasteiger partial charge in [-0.25, -0.2) is 4.79 Å². The van der Waals surface area contributed by atoms with Gasteiger partial charge in [0, 0.05) is 19.0 Å². The molecule has 1 heterocycles. The molecule has 0 spiro atoms. The van der Waals surface area contributed by atoms with Crippen LogP contribution in [0, 0.1) is 6.92 Å². The van der Waals surface area contributed by atoms with Gasteiger partial charge in [0.25, 0.3) is 5.91 Å². The maximum Gasteiger partial charge on any atom is 0.327 e. The number of urea groups is 1. The Morgan fingerprint density at radius 1 is 1.00 bits per heavy atom. The largest absolute Gasteiger partial charge is 0.327 e. The molecular formula is C21H22N2O3. The van der Waals surface area contributed by atoms with Gasteiger partial charge in [-0.3, -0.25) is 14.5 Å². The molecule has 0 aliphatic carbocycles. The van der Waals surface area contributed by atoms with Gasteiger partial charge in [-0.1, -0.05) is 54.6 Å². The highest BCUT2D eigenvalue weighted by Crippen LogP contribution is 2.31. The Kier molecular flexibility index (Phi) is 4.64. The summed E-state index contributed by atoms with van der Waals surface area (Å²) < 4.78 is 0. The lowest BCUT2D eigenvalue weighted by Crippen LogP contribution is -2.47. The standard InChI is InChI=1S/C21H22N2O3/c1-15-9-7-8-12-17(15)13-21(2)19(25)23(20(26)22(21)3)14-18(24)16-10-5-4-6-11-16/h4-12H,13-14H2,1-3H3. The Bertz CT molecular complexity index is 863. The molecule has 1 aliphatic heterocycles. The summed E-state index contributed by atoms with van der Waals surface area (Å²) in [6.07, 6.45) is 0.413. The van der Waals surface area contributed by atoms with Crippen molar-refractivity contribution in [1.29, 1.82) is 0 Å². The highest BCUT2D eigenvalue weighted by molar-refractivity contribution is 6.11. The number of hydrogen-bond acceptors (Lipinski definition) is 3. The van der Waals surface area contributed by atoms with Crippen LogP contribution in [0.4, 0.5) is 4.79 Å². The van der Waals surface area contributed by atoms with Gasteiger partial charge in [-0.2, -0.15) is 0 Å². The topological polar surface area (TPSA) is 57.7 Å². The fourth-order valence-corrected chi connectivity index (χ4v) is 3.29. The summed E-state index contributed by atoms with van der Waals surface area (Å²) in [7, 11) is 1.62. The fraction of sp³-hybridized carbons (Fsp3) is 0.286. The summed E-state index contributed by atoms with van der Waals surface area (Å²) in [4.78, 5) is 40.7. The van der Waals surface area contributed by atoms with Crippen LogP contribution in [0.1, 0.15) is 28.4 Å². The number of carbonyl (C=O) groups excluding carboxylic acids is 3. The first-order valence-electron chi connectivity index (χ1n) is 8.57. The number of carbonyl (C=O) groups is 3. The Morgan fingerprint density at radius 2 is 1.62 bits per heavy atom. The highest BCUT2D eigenvalue weighted by atomic mass is 16.2. The van der Waals surface area contributed by atoms with Crippen molar-refractivity contribution in [1.82, 2.24) is 9.80 Å². The lowest BCUT2D eigenvalue weighted by Gasteiger charge is -2.29. The Morgan fingerprint density at radius 3 is 2.27 bits per heavy atom. The number of likely N-dealkylation sites (N-methyl/N-ethyl adjacent to an activating group) is 1. The van der Waals surface area contributed by atoms with E-state index in [1.165, 1.54) is 4.90 Å². The van der Waals surface area contributed by atoms with E-state index in [4.69, 9.17) is 0 Å². The minimum atomic E-state index is -1.000. The predicted octanol–water partition coefficient (Wildman–Crippen LogP) is 3.07. The molecule has 1 unspecified atom stereocenters. The van der Waals surface area contributed by atoms with Crippen molar-refractivity contribution in [2.45, 2.75) is 25.8 Å². The molecular weight excluding hydrogens is 328 g/mol. The zero-order valence-corrected chi connectivity index (χ0v) is 15.2. The predicted molar refractivity (Wildman–Crippen MR) is 98.9 cm³/mol. The van der Waals surface area contributed by atoms with Gasteiger partial charge in [-0.05, 0) is 25.0 Å². The number of nitrogens with zero attached hydrogens (tertiary/aromatic N) is 2. The van der Waals surface area contributed by atoms with E-state index in [1.54, 1.807) is 38.2 Å². The van der Waals surface area contributed by atoms with Crippen molar-refractivity contribution < 1.29 is 14.4 Å². The van der Waals surface area contributed by atoms with E-state index >= 15 is 0 Å². The first-order chi connectivity index (χ1) is 12.3. The van der Waals surface area contributed by atoms with Crippen LogP contribution in [0.2, 0.25) is 0 Å². The van der Waals surface area contributed by atoms with E-state index in [9.17, 15) is 14.4 Å². The number of ketones is 1. The molecule has 0 N–H and O–H groups in total. The molecule has 134 valence electrons. The fourth-order valence-electron chi connectivity index (χ4n) is 3.29. The monoisotopic (exact) mass is 350 g/mol. The van der Waals surface area contributed by atoms with Crippen molar-refractivity contribution in [3.8, 4) is 0 Å². The van der Waals surface area contributed by atoms with E-state index in [-0.39, 0.29) is 18.2 Å². The number of benzene rings is 2. The van der Waals surface area contributed by atoms with Gasteiger partial charge in [-0.15, -0.1) is 0 Å². The summed E-state index contributed by atoms with van der Waals surface area (Å²) in [6, 6.07) is 16.1. The summed E-state index contributed by atoms with van der Waals surface area (Å²) in [5.41, 5.74) is 1.57. The molecule has 0 bridgehead atoms. The van der Waals surface area contributed by atoms with Gasteiger partial charge in [0.15, 0.2) is 5.78 Å². The molecule has 1 atom stereocenters. The average Bonchev–Trinajstić information content (AvgIpc) is 2.80. The van der Waals surface area contributed by atoms with Crippen LogP contribution in [-0.2, 0) is 11.2 Å². The van der Waals surface area contributed by atoms with Crippen LogP contribution in [0.15, 0.2) is 54.6 Å². The second-order valence-electron chi connectivity index (χ2n) is 6.90. The molecule has 1 aliphatic rings. The molecule has 5 heteroatoms. The van der Waals surface area contributed by atoms with Crippen molar-refractivity contribution in [3.05, 3.63) is 71.3 Å². The summed E-state index contributed by atoms with van der Waals surface area (Å²) >= 11 is 0. The van der Waals surface area contributed by atoms with Crippen LogP contribution in [0.5, 0.6) is 0 Å². The minimum absolute atomic E-state index is 0.241. The van der Waals surface area contributed by atoms with Crippen LogP contribution in [0.3, 0.4) is 0 Å². The van der Waals surface area contributed by atoms with Crippen molar-refractivity contribution in [2.24, 2.45) is 0 Å². The molecule has 0 saturated carbocycles. The van der Waals surface area contributed by atoms with Crippen molar-refractivity contribution in [3.63, 3.8) is 0 Å². The van der Waals surface area contributed by atoms with Crippen LogP contribution in [0.25, 0.3) is 0 Å². The Labute approximate surface area is 153 Å². The number of imide groups is 1. The summed E-state index contributed by atoms with van der Waals surface area (Å²) in [5, 5.41) is 0. The van der Waals surface area contributed by atoms with Crippen LogP contribution in [-0.4, -0.2) is 46.7 Å². The molecule has 3 rings (SSSR count). The molecule has 2 aromatic rings. The third-order valence-electron chi connectivity index (χ3n) is 5.16. The van der Waals surface area contributed by atoms with Gasteiger partial charge in [0.1, 0.15) is 5.54 Å². The molecule has 0 radical (unpaired) electrons. The number of aryl methyl sites for hydroxylation is 1. The zero-order chi connectivity index (χ0) is 18.9. The number of Topliss-reactive ketones (excluding diaryl/α,β-unsaturated/α-hetero) is 1. The molecule has 5 nitrogen and oxygen atoms in total. The van der Waals surface area contributed by atoms with Crippen molar-refractivity contribution >= 4 is 17.7 Å². The smallest absolute Gasteiger partial charge is 0.313 e. The second-order valence-corrected chi connectivity index (χ2v) is 6.90. The van der Waals surface area contributed by atoms with Gasteiger partial charge >= 0.3 is 6.03 Å². The van der Waals surface area contributed by atoms with E-state index in [0.29, 0.717) is 12.0 Å². The zero-order valence-electron chi connectivity index (χ0n) is 15.2. The Hall–Kier alpha value is -2.95. The lowest BCUT2D eigenvalue weighted by molar-refractivity contribution is -0.132. The van der Waals surface area contributed by atoms with Crippen LogP contribution < -0.4 is 0 Å². The lowest BCUT2D eigenvalue weighted by atomic mass is 9.89. The number of rotatable bonds is 5. The number of hydrogen-bond donors (Lipinski definition) is 0. The first-order valence-corrected chi connectivity index (χ1v) is 8.57. The molecule has 1 saturated heterocycles. The van der Waals surface area contributed by atoms with Crippen LogP contribution >= 0.6 is 0 Å². The maximum atomic E-state index is 13.0. The maximum absolute atomic E-state index is 13.0. The van der Waals surface area contributed by atoms with Gasteiger partial charge in [0.2, 0.25) is 0 Å². The quantitative estimate of drug-likeness (QED) is 0.615. The van der Waals surface area contributed by atoms with Gasteiger partial charge in [0.05, 0.1) is 6.54 Å². The third kappa shape index (κ3) is 3.01. The van der Waals surface area contributed by atoms with E-state index in [0.717, 1.165) is 16.0 Å². The SMILES string of the molecule is Cc1ccccc1CC1(C)C(=O)N(CC(=O)c2ccccc2)C(=O)N1C.